The largest absolute Gasteiger partial charge is 0.208 e. The van der Waals surface area contributed by atoms with Crippen molar-refractivity contribution in [1.82, 2.24) is 15.0 Å². The van der Waals surface area contributed by atoms with E-state index in [1.54, 1.807) is 0 Å². The maximum atomic E-state index is 5.26. The fraction of sp³-hybridized carbons (Fsp3) is 0.0156. The third-order valence-corrected chi connectivity index (χ3v) is 13.2. The Hall–Kier alpha value is -8.79. The van der Waals surface area contributed by atoms with Crippen molar-refractivity contribution in [3.8, 4) is 89.8 Å². The first-order valence-electron chi connectivity index (χ1n) is 22.8. The summed E-state index contributed by atoms with van der Waals surface area (Å²) in [6.07, 6.45) is 0. The van der Waals surface area contributed by atoms with Crippen molar-refractivity contribution < 1.29 is 0 Å². The van der Waals surface area contributed by atoms with Gasteiger partial charge in [0.15, 0.2) is 17.5 Å². The van der Waals surface area contributed by atoms with Gasteiger partial charge in [-0.25, -0.2) is 15.0 Å². The van der Waals surface area contributed by atoms with Crippen LogP contribution in [0.5, 0.6) is 0 Å². The Balaban J connectivity index is 0.979. The molecule has 0 amide bonds. The third-order valence-electron chi connectivity index (χ3n) is 13.2. The highest BCUT2D eigenvalue weighted by Gasteiger charge is 2.46. The van der Waals surface area contributed by atoms with Gasteiger partial charge in [0.1, 0.15) is 0 Å². The van der Waals surface area contributed by atoms with E-state index in [0.717, 1.165) is 50.1 Å². The van der Waals surface area contributed by atoms with Gasteiger partial charge in [-0.15, -0.1) is 0 Å². The number of aromatic nitrogens is 3. The van der Waals surface area contributed by atoms with Crippen LogP contribution in [0.1, 0.15) is 22.3 Å². The molecule has 1 heterocycles. The molecule has 0 atom stereocenters. The van der Waals surface area contributed by atoms with Crippen LogP contribution in [0.4, 0.5) is 0 Å². The summed E-state index contributed by atoms with van der Waals surface area (Å²) < 4.78 is 0. The molecule has 1 aliphatic carbocycles. The topological polar surface area (TPSA) is 38.7 Å². The molecule has 3 heteroatoms. The number of rotatable bonds is 9. The molecular weight excluding hydrogens is 811 g/mol. The molecule has 1 aliphatic rings. The van der Waals surface area contributed by atoms with Gasteiger partial charge in [0.2, 0.25) is 0 Å². The fourth-order valence-corrected chi connectivity index (χ4v) is 10.0. The molecule has 11 aromatic rings. The molecule has 12 rings (SSSR count). The Kier molecular flexibility index (Phi) is 10.1. The van der Waals surface area contributed by atoms with Crippen molar-refractivity contribution in [3.63, 3.8) is 0 Å². The first-order valence-corrected chi connectivity index (χ1v) is 22.8. The van der Waals surface area contributed by atoms with Crippen LogP contribution >= 0.6 is 0 Å². The summed E-state index contributed by atoms with van der Waals surface area (Å²) in [5, 5.41) is 0. The van der Waals surface area contributed by atoms with E-state index < -0.39 is 5.41 Å². The second-order valence-corrected chi connectivity index (χ2v) is 17.2. The third kappa shape index (κ3) is 7.24. The Morgan fingerprint density at radius 2 is 0.552 bits per heavy atom. The number of nitrogens with zero attached hydrogens (tertiary/aromatic N) is 3. The lowest BCUT2D eigenvalue weighted by Gasteiger charge is -2.34. The van der Waals surface area contributed by atoms with Crippen molar-refractivity contribution in [2.24, 2.45) is 0 Å². The molecule has 0 N–H and O–H groups in total. The van der Waals surface area contributed by atoms with Crippen LogP contribution in [-0.4, -0.2) is 15.0 Å². The first-order chi connectivity index (χ1) is 33.2. The summed E-state index contributed by atoms with van der Waals surface area (Å²) in [6.45, 7) is 0. The maximum absolute atomic E-state index is 5.26. The molecular formula is C64H43N3. The van der Waals surface area contributed by atoms with Gasteiger partial charge in [0, 0.05) is 16.7 Å². The van der Waals surface area contributed by atoms with Gasteiger partial charge in [0.25, 0.3) is 0 Å². The normalized spacial score (nSPS) is 12.3. The predicted octanol–water partition coefficient (Wildman–Crippen LogP) is 15.9. The van der Waals surface area contributed by atoms with Gasteiger partial charge in [0.05, 0.1) is 5.41 Å². The minimum atomic E-state index is -0.490. The molecule has 0 bridgehead atoms. The average molecular weight is 854 g/mol. The molecule has 10 aromatic carbocycles. The van der Waals surface area contributed by atoms with Crippen LogP contribution in [0.15, 0.2) is 261 Å². The Morgan fingerprint density at radius 1 is 0.209 bits per heavy atom. The van der Waals surface area contributed by atoms with Crippen molar-refractivity contribution in [1.29, 1.82) is 0 Å². The van der Waals surface area contributed by atoms with Gasteiger partial charge < -0.3 is 0 Å². The number of fused-ring (bicyclic) bond motifs is 3. The molecule has 0 unspecified atom stereocenters. The standard InChI is InChI=1S/C64H43N3/c1-6-20-44(21-7-1)52-40-53(45-22-8-2-9-23-45)42-54(41-52)48-27-19-29-51(39-48)63-66-61(46-24-10-3-11-25-46)65-62(67-63)50-28-18-26-47(38-50)49-36-37-58-57-34-16-17-35-59(57)64(60(58)43-49,55-30-12-4-13-31-55)56-32-14-5-15-33-56/h1-43H. The van der Waals surface area contributed by atoms with Gasteiger partial charge in [-0.1, -0.05) is 224 Å². The summed E-state index contributed by atoms with van der Waals surface area (Å²) in [6, 6.07) is 93.2. The maximum Gasteiger partial charge on any atom is 0.164 e. The number of benzene rings is 10. The van der Waals surface area contributed by atoms with Crippen LogP contribution in [0.3, 0.4) is 0 Å². The molecule has 0 radical (unpaired) electrons. The summed E-state index contributed by atoms with van der Waals surface area (Å²) in [5.41, 5.74) is 18.9. The Morgan fingerprint density at radius 3 is 1.07 bits per heavy atom. The van der Waals surface area contributed by atoms with Crippen molar-refractivity contribution in [2.45, 2.75) is 5.41 Å². The predicted molar refractivity (Wildman–Crippen MR) is 275 cm³/mol. The lowest BCUT2D eigenvalue weighted by molar-refractivity contribution is 0.769. The van der Waals surface area contributed by atoms with E-state index in [9.17, 15) is 0 Å². The SMILES string of the molecule is c1ccc(-c2cc(-c3ccccc3)cc(-c3cccc(-c4nc(-c5ccccc5)nc(-c5cccc(-c6ccc7c(c6)C(c6ccccc6)(c6ccccc6)c6ccccc6-7)c5)n4)c3)c2)cc1. The van der Waals surface area contributed by atoms with Gasteiger partial charge >= 0.3 is 0 Å². The summed E-state index contributed by atoms with van der Waals surface area (Å²) in [4.78, 5) is 15.6. The van der Waals surface area contributed by atoms with E-state index in [-0.39, 0.29) is 0 Å². The highest BCUT2D eigenvalue weighted by Crippen LogP contribution is 2.56. The van der Waals surface area contributed by atoms with E-state index in [4.69, 9.17) is 15.0 Å². The zero-order valence-electron chi connectivity index (χ0n) is 36.7. The van der Waals surface area contributed by atoms with E-state index in [0.29, 0.717) is 17.5 Å². The minimum Gasteiger partial charge on any atom is -0.208 e. The van der Waals surface area contributed by atoms with Crippen LogP contribution in [-0.2, 0) is 5.41 Å². The lowest BCUT2D eigenvalue weighted by atomic mass is 9.67. The highest BCUT2D eigenvalue weighted by molar-refractivity contribution is 5.89. The van der Waals surface area contributed by atoms with Crippen LogP contribution in [0.25, 0.3) is 89.8 Å². The van der Waals surface area contributed by atoms with Crippen LogP contribution in [0.2, 0.25) is 0 Å². The van der Waals surface area contributed by atoms with E-state index in [1.165, 1.54) is 44.5 Å². The zero-order valence-corrected chi connectivity index (χ0v) is 36.7. The Labute approximate surface area is 391 Å². The van der Waals surface area contributed by atoms with Crippen molar-refractivity contribution in [3.05, 3.63) is 283 Å². The number of hydrogen-bond donors (Lipinski definition) is 0. The molecule has 0 fully saturated rings. The van der Waals surface area contributed by atoms with Gasteiger partial charge in [-0.05, 0) is 114 Å². The van der Waals surface area contributed by atoms with Gasteiger partial charge in [-0.2, -0.15) is 0 Å². The highest BCUT2D eigenvalue weighted by atomic mass is 15.0. The molecule has 0 saturated carbocycles. The second kappa shape index (κ2) is 17.0. The van der Waals surface area contributed by atoms with E-state index in [1.807, 2.05) is 18.2 Å². The number of hydrogen-bond acceptors (Lipinski definition) is 3. The van der Waals surface area contributed by atoms with Crippen molar-refractivity contribution in [2.75, 3.05) is 0 Å². The summed E-state index contributed by atoms with van der Waals surface area (Å²) >= 11 is 0. The van der Waals surface area contributed by atoms with E-state index in [2.05, 4.69) is 243 Å². The molecule has 1 aromatic heterocycles. The minimum absolute atomic E-state index is 0.490. The lowest BCUT2D eigenvalue weighted by Crippen LogP contribution is -2.28. The molecule has 0 spiro atoms. The molecule has 0 saturated heterocycles. The molecule has 0 aliphatic heterocycles. The quantitative estimate of drug-likeness (QED) is 0.145. The van der Waals surface area contributed by atoms with Crippen molar-refractivity contribution >= 4 is 0 Å². The zero-order chi connectivity index (χ0) is 44.6. The van der Waals surface area contributed by atoms with Crippen LogP contribution < -0.4 is 0 Å². The molecule has 3 nitrogen and oxygen atoms in total. The molecule has 314 valence electrons. The first kappa shape index (κ1) is 39.8. The van der Waals surface area contributed by atoms with Crippen LogP contribution in [0, 0.1) is 0 Å². The molecule has 67 heavy (non-hydrogen) atoms. The summed E-state index contributed by atoms with van der Waals surface area (Å²) in [5.74, 6) is 1.86. The van der Waals surface area contributed by atoms with E-state index >= 15 is 0 Å². The monoisotopic (exact) mass is 853 g/mol. The Bertz CT molecular complexity index is 3450. The average Bonchev–Trinajstić information content (AvgIpc) is 3.72. The summed E-state index contributed by atoms with van der Waals surface area (Å²) in [7, 11) is 0. The smallest absolute Gasteiger partial charge is 0.164 e. The second-order valence-electron chi connectivity index (χ2n) is 17.2. The fourth-order valence-electron chi connectivity index (χ4n) is 10.0. The van der Waals surface area contributed by atoms with Gasteiger partial charge in [-0.3, -0.25) is 0 Å².